The highest BCUT2D eigenvalue weighted by Gasteiger charge is 2.10. The van der Waals surface area contributed by atoms with Crippen LogP contribution in [0.1, 0.15) is 12.0 Å². The second kappa shape index (κ2) is 5.01. The maximum atomic E-state index is 10.6. The SMILES string of the molecule is C#CCCNc1ccc(C)c([N+](=O)[O-])c1. The lowest BCUT2D eigenvalue weighted by Crippen LogP contribution is -2.01. The van der Waals surface area contributed by atoms with E-state index in [0.717, 1.165) is 5.69 Å². The third-order valence-electron chi connectivity index (χ3n) is 2.00. The molecule has 0 saturated heterocycles. The number of nitrogens with one attached hydrogen (secondary N) is 1. The fourth-order valence-corrected chi connectivity index (χ4v) is 1.20. The molecule has 78 valence electrons. The summed E-state index contributed by atoms with van der Waals surface area (Å²) < 4.78 is 0. The topological polar surface area (TPSA) is 55.2 Å². The smallest absolute Gasteiger partial charge is 0.274 e. The minimum absolute atomic E-state index is 0.126. The Morgan fingerprint density at radius 2 is 2.33 bits per heavy atom. The van der Waals surface area contributed by atoms with Crippen LogP contribution in [0, 0.1) is 29.4 Å². The first-order valence-corrected chi connectivity index (χ1v) is 4.57. The Bertz CT molecular complexity index is 408. The molecule has 0 aliphatic heterocycles. The van der Waals surface area contributed by atoms with Crippen molar-refractivity contribution < 1.29 is 4.92 Å². The van der Waals surface area contributed by atoms with Gasteiger partial charge in [0.1, 0.15) is 0 Å². The van der Waals surface area contributed by atoms with Crippen molar-refractivity contribution in [2.75, 3.05) is 11.9 Å². The van der Waals surface area contributed by atoms with Crippen molar-refractivity contribution in [2.45, 2.75) is 13.3 Å². The molecule has 0 aromatic heterocycles. The number of terminal acetylenes is 1. The number of hydrogen-bond acceptors (Lipinski definition) is 3. The van der Waals surface area contributed by atoms with E-state index in [1.54, 1.807) is 19.1 Å². The minimum Gasteiger partial charge on any atom is -0.384 e. The summed E-state index contributed by atoms with van der Waals surface area (Å²) in [7, 11) is 0. The Labute approximate surface area is 88.5 Å². The van der Waals surface area contributed by atoms with E-state index in [9.17, 15) is 10.1 Å². The van der Waals surface area contributed by atoms with Crippen molar-refractivity contribution in [3.63, 3.8) is 0 Å². The fraction of sp³-hybridized carbons (Fsp3) is 0.273. The van der Waals surface area contributed by atoms with E-state index >= 15 is 0 Å². The highest BCUT2D eigenvalue weighted by atomic mass is 16.6. The number of aryl methyl sites for hydroxylation is 1. The molecular formula is C11H12N2O2. The van der Waals surface area contributed by atoms with Crippen molar-refractivity contribution in [1.82, 2.24) is 0 Å². The Morgan fingerprint density at radius 1 is 1.60 bits per heavy atom. The van der Waals surface area contributed by atoms with Gasteiger partial charge in [-0.05, 0) is 13.0 Å². The lowest BCUT2D eigenvalue weighted by molar-refractivity contribution is -0.385. The molecule has 0 unspecified atom stereocenters. The van der Waals surface area contributed by atoms with Gasteiger partial charge in [-0.2, -0.15) is 0 Å². The van der Waals surface area contributed by atoms with E-state index in [-0.39, 0.29) is 10.6 Å². The van der Waals surface area contributed by atoms with E-state index < -0.39 is 0 Å². The highest BCUT2D eigenvalue weighted by molar-refractivity contribution is 5.54. The number of nitrogens with zero attached hydrogens (tertiary/aromatic N) is 1. The molecule has 0 spiro atoms. The van der Waals surface area contributed by atoms with Crippen molar-refractivity contribution in [2.24, 2.45) is 0 Å². The second-order valence-corrected chi connectivity index (χ2v) is 3.14. The molecule has 0 aliphatic rings. The molecule has 0 radical (unpaired) electrons. The van der Waals surface area contributed by atoms with Crippen LogP contribution in [0.5, 0.6) is 0 Å². The maximum absolute atomic E-state index is 10.6. The van der Waals surface area contributed by atoms with Gasteiger partial charge in [-0.15, -0.1) is 12.3 Å². The van der Waals surface area contributed by atoms with Crippen LogP contribution in [0.15, 0.2) is 18.2 Å². The fourth-order valence-electron chi connectivity index (χ4n) is 1.20. The van der Waals surface area contributed by atoms with Crippen LogP contribution in [0.3, 0.4) is 0 Å². The molecule has 1 N–H and O–H groups in total. The van der Waals surface area contributed by atoms with Gasteiger partial charge in [0, 0.05) is 30.3 Å². The zero-order valence-electron chi connectivity index (χ0n) is 8.49. The molecule has 0 heterocycles. The maximum Gasteiger partial charge on any atom is 0.274 e. The largest absolute Gasteiger partial charge is 0.384 e. The number of benzene rings is 1. The monoisotopic (exact) mass is 204 g/mol. The van der Waals surface area contributed by atoms with E-state index in [4.69, 9.17) is 6.42 Å². The lowest BCUT2D eigenvalue weighted by atomic mass is 10.2. The standard InChI is InChI=1S/C11H12N2O2/c1-3-4-7-12-10-6-5-9(2)11(8-10)13(14)15/h1,5-6,8,12H,4,7H2,2H3. The van der Waals surface area contributed by atoms with Crippen molar-refractivity contribution in [1.29, 1.82) is 0 Å². The Kier molecular flexibility index (Phi) is 3.69. The third-order valence-corrected chi connectivity index (χ3v) is 2.00. The third kappa shape index (κ3) is 2.99. The van der Waals surface area contributed by atoms with Crippen LogP contribution in [0.4, 0.5) is 11.4 Å². The zero-order valence-corrected chi connectivity index (χ0v) is 8.49. The van der Waals surface area contributed by atoms with Gasteiger partial charge < -0.3 is 5.32 Å². The molecule has 0 fully saturated rings. The predicted molar refractivity (Wildman–Crippen MR) is 59.8 cm³/mol. The molecule has 0 bridgehead atoms. The summed E-state index contributed by atoms with van der Waals surface area (Å²) in [5.41, 5.74) is 1.51. The van der Waals surface area contributed by atoms with Gasteiger partial charge in [0.15, 0.2) is 0 Å². The van der Waals surface area contributed by atoms with E-state index in [1.165, 1.54) is 6.07 Å². The normalized spacial score (nSPS) is 9.33. The first-order chi connectivity index (χ1) is 7.15. The van der Waals surface area contributed by atoms with E-state index in [0.29, 0.717) is 18.5 Å². The quantitative estimate of drug-likeness (QED) is 0.354. The molecule has 1 aromatic carbocycles. The molecule has 1 aromatic rings. The predicted octanol–water partition coefficient (Wildman–Crippen LogP) is 2.34. The number of hydrogen-bond donors (Lipinski definition) is 1. The van der Waals surface area contributed by atoms with Gasteiger partial charge in [0.25, 0.3) is 5.69 Å². The van der Waals surface area contributed by atoms with Crippen LogP contribution >= 0.6 is 0 Å². The number of nitro groups is 1. The minimum atomic E-state index is -0.387. The highest BCUT2D eigenvalue weighted by Crippen LogP contribution is 2.21. The van der Waals surface area contributed by atoms with Crippen LogP contribution in [0.25, 0.3) is 0 Å². The molecule has 0 aliphatic carbocycles. The van der Waals surface area contributed by atoms with Gasteiger partial charge in [0.05, 0.1) is 4.92 Å². The molecule has 0 atom stereocenters. The van der Waals surface area contributed by atoms with Crippen LogP contribution < -0.4 is 5.32 Å². The molecule has 4 heteroatoms. The molecule has 15 heavy (non-hydrogen) atoms. The molecule has 1 rings (SSSR count). The van der Waals surface area contributed by atoms with Gasteiger partial charge in [-0.25, -0.2) is 0 Å². The van der Waals surface area contributed by atoms with Crippen LogP contribution in [-0.4, -0.2) is 11.5 Å². The number of nitro benzene ring substituents is 1. The first kappa shape index (κ1) is 11.1. The average Bonchev–Trinajstić information content (AvgIpc) is 2.20. The molecular weight excluding hydrogens is 192 g/mol. The van der Waals surface area contributed by atoms with Gasteiger partial charge in [-0.1, -0.05) is 6.07 Å². The van der Waals surface area contributed by atoms with Crippen LogP contribution in [-0.2, 0) is 0 Å². The summed E-state index contributed by atoms with van der Waals surface area (Å²) in [6.07, 6.45) is 5.70. The van der Waals surface area contributed by atoms with Crippen molar-refractivity contribution >= 4 is 11.4 Å². The molecule has 0 saturated carbocycles. The van der Waals surface area contributed by atoms with Gasteiger partial charge >= 0.3 is 0 Å². The Balaban J connectivity index is 2.79. The summed E-state index contributed by atoms with van der Waals surface area (Å²) in [5, 5.41) is 13.7. The van der Waals surface area contributed by atoms with Gasteiger partial charge in [-0.3, -0.25) is 10.1 Å². The lowest BCUT2D eigenvalue weighted by Gasteiger charge is -2.04. The Morgan fingerprint density at radius 3 is 2.93 bits per heavy atom. The first-order valence-electron chi connectivity index (χ1n) is 4.57. The molecule has 4 nitrogen and oxygen atoms in total. The summed E-state index contributed by atoms with van der Waals surface area (Å²) in [6.45, 7) is 2.33. The zero-order chi connectivity index (χ0) is 11.3. The average molecular weight is 204 g/mol. The summed E-state index contributed by atoms with van der Waals surface area (Å²) >= 11 is 0. The Hall–Kier alpha value is -2.02. The van der Waals surface area contributed by atoms with E-state index in [1.807, 2.05) is 0 Å². The van der Waals surface area contributed by atoms with Crippen molar-refractivity contribution in [3.8, 4) is 12.3 Å². The molecule has 0 amide bonds. The van der Waals surface area contributed by atoms with E-state index in [2.05, 4.69) is 11.2 Å². The summed E-state index contributed by atoms with van der Waals surface area (Å²) in [6, 6.07) is 5.04. The summed E-state index contributed by atoms with van der Waals surface area (Å²) in [4.78, 5) is 10.3. The van der Waals surface area contributed by atoms with Crippen LogP contribution in [0.2, 0.25) is 0 Å². The number of anilines is 1. The van der Waals surface area contributed by atoms with Gasteiger partial charge in [0.2, 0.25) is 0 Å². The van der Waals surface area contributed by atoms with Crippen molar-refractivity contribution in [3.05, 3.63) is 33.9 Å². The summed E-state index contributed by atoms with van der Waals surface area (Å²) in [5.74, 6) is 2.49. The second-order valence-electron chi connectivity index (χ2n) is 3.14. The number of rotatable bonds is 4.